The Balaban J connectivity index is 2.01. The summed E-state index contributed by atoms with van der Waals surface area (Å²) in [4.78, 5) is 12.7. The van der Waals surface area contributed by atoms with E-state index in [1.807, 2.05) is 0 Å². The fraction of sp³-hybridized carbons (Fsp3) is 0.0500. The molecule has 0 saturated heterocycles. The molecule has 0 bridgehead atoms. The van der Waals surface area contributed by atoms with E-state index in [-0.39, 0.29) is 4.90 Å². The molecule has 3 aromatic carbocycles. The molecule has 1 amide bonds. The molecule has 0 spiro atoms. The highest BCUT2D eigenvalue weighted by Gasteiger charge is 2.30. The summed E-state index contributed by atoms with van der Waals surface area (Å²) in [6, 6.07) is 25.4. The molecule has 0 aliphatic rings. The van der Waals surface area contributed by atoms with Crippen molar-refractivity contribution in [2.45, 2.75) is 10.3 Å². The first-order chi connectivity index (χ1) is 12.1. The lowest BCUT2D eigenvalue weighted by Crippen LogP contribution is -2.34. The van der Waals surface area contributed by atoms with Gasteiger partial charge in [-0.3, -0.25) is 4.79 Å². The summed E-state index contributed by atoms with van der Waals surface area (Å²) in [5.74, 6) is -0.436. The van der Waals surface area contributed by atoms with Gasteiger partial charge in [0.1, 0.15) is 0 Å². The Morgan fingerprint density at radius 3 is 1.76 bits per heavy atom. The molecular formula is C20H17NO3S. The van der Waals surface area contributed by atoms with Crippen molar-refractivity contribution in [1.29, 1.82) is 0 Å². The summed E-state index contributed by atoms with van der Waals surface area (Å²) in [6.45, 7) is 0. The van der Waals surface area contributed by atoms with Crippen LogP contribution in [0.25, 0.3) is 0 Å². The Hall–Kier alpha value is -2.92. The highest BCUT2D eigenvalue weighted by molar-refractivity contribution is 7.91. The van der Waals surface area contributed by atoms with E-state index < -0.39 is 21.1 Å². The molecule has 4 nitrogen and oxygen atoms in total. The predicted molar refractivity (Wildman–Crippen MR) is 96.7 cm³/mol. The van der Waals surface area contributed by atoms with Crippen LogP contribution >= 0.6 is 0 Å². The van der Waals surface area contributed by atoms with E-state index in [0.717, 1.165) is 0 Å². The third-order valence-electron chi connectivity index (χ3n) is 3.78. The van der Waals surface area contributed by atoms with Crippen LogP contribution in [0.4, 0.5) is 0 Å². The third kappa shape index (κ3) is 3.78. The van der Waals surface area contributed by atoms with Crippen molar-refractivity contribution >= 4 is 15.7 Å². The van der Waals surface area contributed by atoms with Gasteiger partial charge >= 0.3 is 0 Å². The van der Waals surface area contributed by atoms with Gasteiger partial charge in [0.2, 0.25) is 9.84 Å². The Labute approximate surface area is 147 Å². The minimum absolute atomic E-state index is 0.164. The number of hydrogen-bond acceptors (Lipinski definition) is 3. The van der Waals surface area contributed by atoms with E-state index in [4.69, 9.17) is 0 Å². The van der Waals surface area contributed by atoms with Gasteiger partial charge in [-0.25, -0.2) is 8.42 Å². The molecule has 3 rings (SSSR count). The number of carbonyl (C=O) groups is 1. The van der Waals surface area contributed by atoms with Crippen LogP contribution in [0.2, 0.25) is 0 Å². The van der Waals surface area contributed by atoms with Gasteiger partial charge in [0.25, 0.3) is 5.91 Å². The second-order valence-corrected chi connectivity index (χ2v) is 7.52. The Morgan fingerprint density at radius 1 is 0.720 bits per heavy atom. The zero-order valence-electron chi connectivity index (χ0n) is 13.4. The van der Waals surface area contributed by atoms with E-state index in [1.54, 1.807) is 78.9 Å². The molecule has 1 atom stereocenters. The van der Waals surface area contributed by atoms with E-state index in [0.29, 0.717) is 11.1 Å². The molecule has 25 heavy (non-hydrogen) atoms. The summed E-state index contributed by atoms with van der Waals surface area (Å²) in [6.07, 6.45) is 0. The maximum Gasteiger partial charge on any atom is 0.252 e. The minimum atomic E-state index is -3.79. The van der Waals surface area contributed by atoms with Crippen LogP contribution in [0.3, 0.4) is 0 Å². The lowest BCUT2D eigenvalue weighted by Gasteiger charge is -2.20. The summed E-state index contributed by atoms with van der Waals surface area (Å²) in [5.41, 5.74) is 0.919. The smallest absolute Gasteiger partial charge is 0.252 e. The molecule has 0 fully saturated rings. The first kappa shape index (κ1) is 16.9. The van der Waals surface area contributed by atoms with Crippen molar-refractivity contribution in [3.63, 3.8) is 0 Å². The van der Waals surface area contributed by atoms with Gasteiger partial charge in [-0.2, -0.15) is 0 Å². The van der Waals surface area contributed by atoms with Crippen LogP contribution in [0, 0.1) is 0 Å². The molecule has 1 N–H and O–H groups in total. The molecule has 5 heteroatoms. The normalized spacial score (nSPS) is 12.3. The molecule has 0 aliphatic heterocycles. The average Bonchev–Trinajstić information content (AvgIpc) is 2.68. The summed E-state index contributed by atoms with van der Waals surface area (Å²) in [5, 5.41) is 1.50. The van der Waals surface area contributed by atoms with Gasteiger partial charge in [0, 0.05) is 5.56 Å². The van der Waals surface area contributed by atoms with Crippen molar-refractivity contribution < 1.29 is 13.2 Å². The van der Waals surface area contributed by atoms with Gasteiger partial charge in [-0.05, 0) is 29.8 Å². The molecule has 0 saturated carbocycles. The van der Waals surface area contributed by atoms with E-state index >= 15 is 0 Å². The van der Waals surface area contributed by atoms with Crippen LogP contribution in [0.1, 0.15) is 21.3 Å². The van der Waals surface area contributed by atoms with Gasteiger partial charge in [0.15, 0.2) is 5.37 Å². The van der Waals surface area contributed by atoms with Crippen molar-refractivity contribution in [3.05, 3.63) is 102 Å². The second-order valence-electron chi connectivity index (χ2n) is 5.49. The highest BCUT2D eigenvalue weighted by Crippen LogP contribution is 2.27. The number of amides is 1. The van der Waals surface area contributed by atoms with E-state index in [2.05, 4.69) is 5.32 Å². The minimum Gasteiger partial charge on any atom is -0.331 e. The van der Waals surface area contributed by atoms with E-state index in [1.165, 1.54) is 12.1 Å². The van der Waals surface area contributed by atoms with Crippen LogP contribution < -0.4 is 5.32 Å². The fourth-order valence-electron chi connectivity index (χ4n) is 2.51. The van der Waals surface area contributed by atoms with Crippen LogP contribution in [0.5, 0.6) is 0 Å². The van der Waals surface area contributed by atoms with Crippen LogP contribution in [-0.2, 0) is 9.84 Å². The second kappa shape index (κ2) is 7.32. The number of carbonyl (C=O) groups excluding carboxylic acids is 1. The fourth-order valence-corrected chi connectivity index (χ4v) is 4.09. The molecule has 0 aliphatic carbocycles. The molecular weight excluding hydrogens is 334 g/mol. The zero-order valence-corrected chi connectivity index (χ0v) is 14.2. The third-order valence-corrected chi connectivity index (χ3v) is 5.72. The average molecular weight is 351 g/mol. The van der Waals surface area contributed by atoms with Gasteiger partial charge in [0.05, 0.1) is 4.90 Å². The SMILES string of the molecule is O=C(NC(c1ccccc1)S(=O)(=O)c1ccccc1)c1ccccc1. The molecule has 0 aromatic heterocycles. The first-order valence-corrected chi connectivity index (χ1v) is 9.33. The summed E-state index contributed by atoms with van der Waals surface area (Å²) in [7, 11) is -3.79. The largest absolute Gasteiger partial charge is 0.331 e. The number of nitrogens with one attached hydrogen (secondary N) is 1. The van der Waals surface area contributed by atoms with Crippen molar-refractivity contribution in [2.75, 3.05) is 0 Å². The monoisotopic (exact) mass is 351 g/mol. The Bertz CT molecular complexity index is 940. The number of hydrogen-bond donors (Lipinski definition) is 1. The molecule has 0 radical (unpaired) electrons. The van der Waals surface area contributed by atoms with Crippen LogP contribution in [-0.4, -0.2) is 14.3 Å². The summed E-state index contributed by atoms with van der Waals surface area (Å²) >= 11 is 0. The van der Waals surface area contributed by atoms with Gasteiger partial charge in [-0.15, -0.1) is 0 Å². The number of benzene rings is 3. The van der Waals surface area contributed by atoms with Gasteiger partial charge < -0.3 is 5.32 Å². The van der Waals surface area contributed by atoms with E-state index in [9.17, 15) is 13.2 Å². The Morgan fingerprint density at radius 2 is 1.20 bits per heavy atom. The lowest BCUT2D eigenvalue weighted by molar-refractivity contribution is 0.0948. The quantitative estimate of drug-likeness (QED) is 0.764. The summed E-state index contributed by atoms with van der Waals surface area (Å²) < 4.78 is 26.2. The lowest BCUT2D eigenvalue weighted by atomic mass is 10.2. The maximum absolute atomic E-state index is 13.1. The van der Waals surface area contributed by atoms with Crippen molar-refractivity contribution in [1.82, 2.24) is 5.32 Å². The van der Waals surface area contributed by atoms with Crippen molar-refractivity contribution in [3.8, 4) is 0 Å². The van der Waals surface area contributed by atoms with Crippen molar-refractivity contribution in [2.24, 2.45) is 0 Å². The van der Waals surface area contributed by atoms with Crippen LogP contribution in [0.15, 0.2) is 95.9 Å². The number of rotatable bonds is 5. The number of sulfone groups is 1. The first-order valence-electron chi connectivity index (χ1n) is 7.79. The topological polar surface area (TPSA) is 63.2 Å². The standard InChI is InChI=1S/C20H17NO3S/c22-19(16-10-4-1-5-11-16)21-20(17-12-6-2-7-13-17)25(23,24)18-14-8-3-9-15-18/h1-15,20H,(H,21,22). The highest BCUT2D eigenvalue weighted by atomic mass is 32.2. The Kier molecular flexibility index (Phi) is 4.95. The van der Waals surface area contributed by atoms with Gasteiger partial charge in [-0.1, -0.05) is 66.7 Å². The maximum atomic E-state index is 13.1. The molecule has 126 valence electrons. The molecule has 1 unspecified atom stereocenters. The molecule has 0 heterocycles. The zero-order chi connectivity index (χ0) is 17.7. The predicted octanol–water partition coefficient (Wildman–Crippen LogP) is 3.59. The molecule has 3 aromatic rings.